The molecule has 0 aliphatic heterocycles. The van der Waals surface area contributed by atoms with Crippen LogP contribution >= 0.6 is 0 Å². The molecule has 0 unspecified atom stereocenters. The Labute approximate surface area is 138 Å². The Morgan fingerprint density at radius 3 is 1.16 bits per heavy atom. The zero-order valence-electron chi connectivity index (χ0n) is 13.3. The Bertz CT molecular complexity index is 389. The minimum atomic E-state index is 0. The van der Waals surface area contributed by atoms with Gasteiger partial charge in [-0.3, -0.25) is 0 Å². The minimum Gasteiger partial charge on any atom is -0.250 e. The molecule has 0 bridgehead atoms. The average molecular weight is 421 g/mol. The van der Waals surface area contributed by atoms with Crippen LogP contribution in [0.4, 0.5) is 0 Å². The van der Waals surface area contributed by atoms with Crippen LogP contribution in [0.25, 0.3) is 0 Å². The Morgan fingerprint density at radius 2 is 1.05 bits per heavy atom. The van der Waals surface area contributed by atoms with Gasteiger partial charge < -0.3 is 0 Å². The van der Waals surface area contributed by atoms with Crippen molar-refractivity contribution in [3.05, 3.63) is 45.6 Å². The minimum absolute atomic E-state index is 0. The fourth-order valence-electron chi connectivity index (χ4n) is 2.16. The summed E-state index contributed by atoms with van der Waals surface area (Å²) >= 11 is 0. The molecule has 2 aliphatic carbocycles. The van der Waals surface area contributed by atoms with Crippen molar-refractivity contribution < 1.29 is 25.8 Å². The molecule has 0 heterocycles. The van der Waals surface area contributed by atoms with E-state index in [0.29, 0.717) is 0 Å². The summed E-state index contributed by atoms with van der Waals surface area (Å²) in [6.45, 7) is 13.0. The third-order valence-electron chi connectivity index (χ3n) is 3.82. The van der Waals surface area contributed by atoms with Crippen LogP contribution in [0, 0.1) is 12.2 Å². The fraction of sp³-hybridized carbons (Fsp3) is 0.556. The van der Waals surface area contributed by atoms with Gasteiger partial charge in [0.15, 0.2) is 0 Å². The Balaban J connectivity index is 0.000000324. The van der Waals surface area contributed by atoms with E-state index in [4.69, 9.17) is 0 Å². The fourth-order valence-corrected chi connectivity index (χ4v) is 2.16. The largest absolute Gasteiger partial charge is 0.250 e. The summed E-state index contributed by atoms with van der Waals surface area (Å²) < 4.78 is 0. The third kappa shape index (κ3) is 5.77. The molecular weight excluding hydrogens is 395 g/mol. The monoisotopic (exact) mass is 422 g/mol. The van der Waals surface area contributed by atoms with Gasteiger partial charge >= 0.3 is 0 Å². The van der Waals surface area contributed by atoms with E-state index in [-0.39, 0.29) is 25.8 Å². The first-order valence-corrected chi connectivity index (χ1v) is 7.04. The first-order chi connectivity index (χ1) is 8.47. The van der Waals surface area contributed by atoms with Gasteiger partial charge in [-0.05, 0) is 0 Å². The second-order valence-corrected chi connectivity index (χ2v) is 5.33. The van der Waals surface area contributed by atoms with Crippen LogP contribution < -0.4 is 0 Å². The van der Waals surface area contributed by atoms with Crippen molar-refractivity contribution in [1.29, 1.82) is 0 Å². The van der Waals surface area contributed by atoms with Crippen molar-refractivity contribution in [2.75, 3.05) is 0 Å². The van der Waals surface area contributed by atoms with Crippen LogP contribution in [-0.2, 0) is 25.8 Å². The summed E-state index contributed by atoms with van der Waals surface area (Å²) in [6, 6.07) is 0. The summed E-state index contributed by atoms with van der Waals surface area (Å²) in [4.78, 5) is 0. The first-order valence-electron chi connectivity index (χ1n) is 7.04. The van der Waals surface area contributed by atoms with E-state index in [2.05, 4.69) is 53.7 Å². The van der Waals surface area contributed by atoms with Gasteiger partial charge in [-0.15, -0.1) is 13.8 Å². The molecule has 2 aliphatic rings. The second kappa shape index (κ2) is 8.89. The van der Waals surface area contributed by atoms with Gasteiger partial charge in [-0.25, -0.2) is 34.4 Å². The zero-order chi connectivity index (χ0) is 13.7. The Morgan fingerprint density at radius 1 is 0.737 bits per heavy atom. The summed E-state index contributed by atoms with van der Waals surface area (Å²) in [5.41, 5.74) is 8.62. The van der Waals surface area contributed by atoms with Gasteiger partial charge in [0.25, 0.3) is 0 Å². The Kier molecular flexibility index (Phi) is 8.81. The van der Waals surface area contributed by atoms with Crippen molar-refractivity contribution >= 4 is 0 Å². The Hall–Kier alpha value is -0.170. The maximum Gasteiger partial charge on any atom is 0 e. The predicted octanol–water partition coefficient (Wildman–Crippen LogP) is 5.73. The quantitative estimate of drug-likeness (QED) is 0.395. The van der Waals surface area contributed by atoms with Gasteiger partial charge in [-0.2, -0.15) is 11.1 Å². The molecule has 0 saturated carbocycles. The van der Waals surface area contributed by atoms with Gasteiger partial charge in [0.05, 0.1) is 0 Å². The summed E-state index contributed by atoms with van der Waals surface area (Å²) in [5.74, 6) is 0. The smallest absolute Gasteiger partial charge is 0 e. The number of allylic oxidation sites excluding steroid dienone is 8. The standard InChI is InChI=1S/2C9H13.Hf/c2*1-4-9-5-7(2)8(3)6-9;/h2*4-5H2,1-3H3;/q2*-1;. The molecule has 0 N–H and O–H groups in total. The molecule has 2 rings (SSSR count). The molecule has 104 valence electrons. The van der Waals surface area contributed by atoms with Crippen molar-refractivity contribution in [2.24, 2.45) is 0 Å². The number of hydrogen-bond donors (Lipinski definition) is 0. The van der Waals surface area contributed by atoms with E-state index in [1.54, 1.807) is 0 Å². The summed E-state index contributed by atoms with van der Waals surface area (Å²) in [7, 11) is 0. The normalized spacial score (nSPS) is 17.8. The van der Waals surface area contributed by atoms with E-state index in [1.807, 2.05) is 0 Å². The maximum atomic E-state index is 3.35. The van der Waals surface area contributed by atoms with Crippen molar-refractivity contribution in [2.45, 2.75) is 67.2 Å². The van der Waals surface area contributed by atoms with E-state index in [9.17, 15) is 0 Å². The zero-order valence-corrected chi connectivity index (χ0v) is 16.9. The SMILES string of the molecule is CCC1=[C-]C(C)=C(C)C1.CCC1=[C-]C(C)=C(C)C1.[Hf]. The van der Waals surface area contributed by atoms with Crippen molar-refractivity contribution in [3.63, 3.8) is 0 Å². The molecule has 0 aromatic carbocycles. The van der Waals surface area contributed by atoms with Crippen LogP contribution in [-0.4, -0.2) is 0 Å². The molecule has 0 radical (unpaired) electrons. The molecule has 0 atom stereocenters. The molecule has 0 nitrogen and oxygen atoms in total. The van der Waals surface area contributed by atoms with Gasteiger partial charge in [-0.1, -0.05) is 53.4 Å². The van der Waals surface area contributed by atoms with Crippen LogP contribution in [0.5, 0.6) is 0 Å². The van der Waals surface area contributed by atoms with E-state index >= 15 is 0 Å². The number of hydrogen-bond acceptors (Lipinski definition) is 0. The molecule has 0 aromatic rings. The second-order valence-electron chi connectivity index (χ2n) is 5.33. The molecule has 0 saturated heterocycles. The molecule has 0 fully saturated rings. The summed E-state index contributed by atoms with van der Waals surface area (Å²) in [6.07, 6.45) is 11.4. The van der Waals surface area contributed by atoms with E-state index in [1.165, 1.54) is 46.3 Å². The van der Waals surface area contributed by atoms with Gasteiger partial charge in [0.2, 0.25) is 0 Å². The van der Waals surface area contributed by atoms with Crippen LogP contribution in [0.3, 0.4) is 0 Å². The van der Waals surface area contributed by atoms with Crippen LogP contribution in [0.2, 0.25) is 0 Å². The first kappa shape index (κ1) is 18.8. The average Bonchev–Trinajstić information content (AvgIpc) is 2.84. The summed E-state index contributed by atoms with van der Waals surface area (Å²) in [5, 5.41) is 0. The molecule has 0 aromatic heterocycles. The third-order valence-corrected chi connectivity index (χ3v) is 3.82. The van der Waals surface area contributed by atoms with Crippen molar-refractivity contribution in [3.8, 4) is 0 Å². The van der Waals surface area contributed by atoms with Crippen LogP contribution in [0.15, 0.2) is 33.4 Å². The van der Waals surface area contributed by atoms with Gasteiger partial charge in [0.1, 0.15) is 0 Å². The predicted molar refractivity (Wildman–Crippen MR) is 80.1 cm³/mol. The molecule has 0 spiro atoms. The topological polar surface area (TPSA) is 0 Å². The van der Waals surface area contributed by atoms with Crippen molar-refractivity contribution in [1.82, 2.24) is 0 Å². The van der Waals surface area contributed by atoms with E-state index in [0.717, 1.165) is 12.8 Å². The number of rotatable bonds is 2. The molecule has 19 heavy (non-hydrogen) atoms. The van der Waals surface area contributed by atoms with Gasteiger partial charge in [0, 0.05) is 25.8 Å². The van der Waals surface area contributed by atoms with E-state index < -0.39 is 0 Å². The molecule has 1 heteroatoms. The van der Waals surface area contributed by atoms with Crippen LogP contribution in [0.1, 0.15) is 67.2 Å². The molecule has 0 amide bonds. The maximum absolute atomic E-state index is 3.35. The molecular formula is C18H26Hf-2.